The van der Waals surface area contributed by atoms with Crippen LogP contribution in [0.4, 0.5) is 42.5 Å². The molecule has 17 heteroatoms. The number of carbonyl (C=O) groups is 3. The van der Waals surface area contributed by atoms with E-state index >= 15 is 0 Å². The highest BCUT2D eigenvalue weighted by Crippen LogP contribution is 2.30. The lowest BCUT2D eigenvalue weighted by atomic mass is 10.1. The molecule has 1 aromatic heterocycles. The van der Waals surface area contributed by atoms with Crippen LogP contribution in [0.15, 0.2) is 54.9 Å². The number of amides is 2. The van der Waals surface area contributed by atoms with Crippen LogP contribution in [0.5, 0.6) is 5.75 Å². The van der Waals surface area contributed by atoms with Gasteiger partial charge in [0.25, 0.3) is 0 Å². The molecular formula is C24H25F6N5O6. The summed E-state index contributed by atoms with van der Waals surface area (Å²) < 4.78 is 68.7. The number of halogens is 6. The standard InChI is InChI=1S/C20H23N5O2.2C2HF3O2/c1-25(2)19-10-15(16-12-22-23-13-16)7-8-18(19)24-20(26)21-11-14-5-4-6-17(9-14)27-3;2*3-2(4,5)1(6)7/h4-10,12-13H,11H2,1-3H3,(H,22,23)(H2,21,24,26);2*(H,6,7). The molecule has 224 valence electrons. The van der Waals surface area contributed by atoms with E-state index in [1.165, 1.54) is 0 Å². The molecule has 0 unspecified atom stereocenters. The van der Waals surface area contributed by atoms with Crippen LogP contribution in [0.1, 0.15) is 5.56 Å². The molecule has 0 fully saturated rings. The van der Waals surface area contributed by atoms with Gasteiger partial charge in [-0.25, -0.2) is 14.4 Å². The van der Waals surface area contributed by atoms with Crippen LogP contribution in [0.2, 0.25) is 0 Å². The third-order valence-corrected chi connectivity index (χ3v) is 4.63. The lowest BCUT2D eigenvalue weighted by Gasteiger charge is -2.19. The quantitative estimate of drug-likeness (QED) is 0.257. The average molecular weight is 593 g/mol. The summed E-state index contributed by atoms with van der Waals surface area (Å²) in [6.07, 6.45) is -6.56. The predicted molar refractivity (Wildman–Crippen MR) is 135 cm³/mol. The Kier molecular flexibility index (Phi) is 12.5. The number of urea groups is 1. The third kappa shape index (κ3) is 12.2. The Morgan fingerprint density at radius 3 is 2.00 bits per heavy atom. The highest BCUT2D eigenvalue weighted by molar-refractivity contribution is 5.94. The Balaban J connectivity index is 0.000000497. The van der Waals surface area contributed by atoms with E-state index in [0.29, 0.717) is 6.54 Å². The molecule has 0 saturated heterocycles. The molecule has 0 bridgehead atoms. The molecule has 0 saturated carbocycles. The second-order valence-electron chi connectivity index (χ2n) is 7.88. The van der Waals surface area contributed by atoms with Gasteiger partial charge in [0.05, 0.1) is 24.7 Å². The van der Waals surface area contributed by atoms with Crippen LogP contribution in [0.25, 0.3) is 11.1 Å². The Bertz CT molecular complexity index is 1270. The zero-order chi connectivity index (χ0) is 31.4. The smallest absolute Gasteiger partial charge is 0.490 e. The molecule has 41 heavy (non-hydrogen) atoms. The topological polar surface area (TPSA) is 157 Å². The maximum Gasteiger partial charge on any atom is 0.490 e. The number of hydrogen-bond acceptors (Lipinski definition) is 6. The van der Waals surface area contributed by atoms with Gasteiger partial charge in [-0.15, -0.1) is 0 Å². The van der Waals surface area contributed by atoms with Gasteiger partial charge in [-0.2, -0.15) is 31.4 Å². The predicted octanol–water partition coefficient (Wildman–Crippen LogP) is 4.74. The molecule has 0 aliphatic heterocycles. The van der Waals surface area contributed by atoms with Crippen molar-refractivity contribution in [3.05, 3.63) is 60.4 Å². The van der Waals surface area contributed by atoms with Crippen molar-refractivity contribution in [2.24, 2.45) is 0 Å². The SMILES string of the molecule is COc1cccc(CNC(=O)Nc2ccc(-c3cn[nH]c3)cc2N(C)C)c1.O=C(O)C(F)(F)F.O=C(O)C(F)(F)F. The van der Waals surface area contributed by atoms with Gasteiger partial charge in [-0.3, -0.25) is 5.10 Å². The first-order valence-corrected chi connectivity index (χ1v) is 11.0. The lowest BCUT2D eigenvalue weighted by Crippen LogP contribution is -2.29. The van der Waals surface area contributed by atoms with E-state index < -0.39 is 24.3 Å². The largest absolute Gasteiger partial charge is 0.497 e. The van der Waals surface area contributed by atoms with Crippen LogP contribution < -0.4 is 20.3 Å². The summed E-state index contributed by atoms with van der Waals surface area (Å²) in [4.78, 5) is 32.1. The maximum absolute atomic E-state index is 12.3. The highest BCUT2D eigenvalue weighted by Gasteiger charge is 2.38. The zero-order valence-electron chi connectivity index (χ0n) is 21.6. The van der Waals surface area contributed by atoms with Gasteiger partial charge in [-0.1, -0.05) is 18.2 Å². The third-order valence-electron chi connectivity index (χ3n) is 4.63. The minimum Gasteiger partial charge on any atom is -0.497 e. The molecule has 0 spiro atoms. The maximum atomic E-state index is 12.3. The zero-order valence-corrected chi connectivity index (χ0v) is 21.6. The number of carbonyl (C=O) groups excluding carboxylic acids is 1. The fourth-order valence-electron chi connectivity index (χ4n) is 2.73. The van der Waals surface area contributed by atoms with Crippen molar-refractivity contribution in [1.82, 2.24) is 15.5 Å². The van der Waals surface area contributed by atoms with Crippen LogP contribution in [-0.4, -0.2) is 71.9 Å². The first-order valence-electron chi connectivity index (χ1n) is 11.0. The number of H-pyrrole nitrogens is 1. The molecule has 0 aliphatic carbocycles. The Morgan fingerprint density at radius 1 is 0.951 bits per heavy atom. The van der Waals surface area contributed by atoms with Crippen molar-refractivity contribution in [2.75, 3.05) is 31.4 Å². The number of aliphatic carboxylic acids is 2. The number of carboxylic acids is 2. The number of aromatic amines is 1. The van der Waals surface area contributed by atoms with Crippen molar-refractivity contribution in [3.63, 3.8) is 0 Å². The first-order chi connectivity index (χ1) is 18.9. The molecule has 0 radical (unpaired) electrons. The second-order valence-corrected chi connectivity index (χ2v) is 7.88. The van der Waals surface area contributed by atoms with Crippen LogP contribution in [-0.2, 0) is 16.1 Å². The van der Waals surface area contributed by atoms with E-state index in [1.54, 1.807) is 13.3 Å². The van der Waals surface area contributed by atoms with Gasteiger partial charge < -0.3 is 30.5 Å². The van der Waals surface area contributed by atoms with Gasteiger partial charge in [0.2, 0.25) is 0 Å². The van der Waals surface area contributed by atoms with E-state index in [4.69, 9.17) is 24.5 Å². The molecule has 2 aromatic carbocycles. The summed E-state index contributed by atoms with van der Waals surface area (Å²) in [5, 5.41) is 26.8. The first kappa shape index (κ1) is 34.1. The monoisotopic (exact) mass is 593 g/mol. The number of carboxylic acid groups (broad SMARTS) is 2. The number of nitrogens with zero attached hydrogens (tertiary/aromatic N) is 2. The van der Waals surface area contributed by atoms with Gasteiger partial charge in [0, 0.05) is 32.4 Å². The normalized spacial score (nSPS) is 10.7. The molecule has 3 rings (SSSR count). The van der Waals surface area contributed by atoms with Crippen molar-refractivity contribution < 1.29 is 55.7 Å². The van der Waals surface area contributed by atoms with Crippen molar-refractivity contribution in [3.8, 4) is 16.9 Å². The Labute approximate surface area is 228 Å². The molecule has 11 nitrogen and oxygen atoms in total. The molecule has 2 amide bonds. The number of benzene rings is 2. The van der Waals surface area contributed by atoms with E-state index in [1.807, 2.05) is 67.7 Å². The van der Waals surface area contributed by atoms with Gasteiger partial charge in [0.1, 0.15) is 5.75 Å². The summed E-state index contributed by atoms with van der Waals surface area (Å²) in [6.45, 7) is 0.410. The van der Waals surface area contributed by atoms with Gasteiger partial charge in [0.15, 0.2) is 0 Å². The summed E-state index contributed by atoms with van der Waals surface area (Å²) in [5.74, 6) is -4.75. The molecule has 3 aromatic rings. The fraction of sp³-hybridized carbons (Fsp3) is 0.250. The number of rotatable bonds is 6. The highest BCUT2D eigenvalue weighted by atomic mass is 19.4. The van der Waals surface area contributed by atoms with Crippen LogP contribution in [0, 0.1) is 0 Å². The minimum atomic E-state index is -5.08. The Morgan fingerprint density at radius 2 is 1.54 bits per heavy atom. The molecular weight excluding hydrogens is 568 g/mol. The summed E-state index contributed by atoms with van der Waals surface area (Å²) in [7, 11) is 5.50. The van der Waals surface area contributed by atoms with Crippen LogP contribution >= 0.6 is 0 Å². The van der Waals surface area contributed by atoms with Crippen molar-refractivity contribution >= 4 is 29.3 Å². The number of anilines is 2. The number of nitrogens with one attached hydrogen (secondary N) is 3. The van der Waals surface area contributed by atoms with Gasteiger partial charge in [-0.05, 0) is 35.4 Å². The molecule has 5 N–H and O–H groups in total. The van der Waals surface area contributed by atoms with Gasteiger partial charge >= 0.3 is 30.3 Å². The van der Waals surface area contributed by atoms with E-state index in [9.17, 15) is 31.1 Å². The average Bonchev–Trinajstić information content (AvgIpc) is 3.42. The second kappa shape index (κ2) is 15.0. The summed E-state index contributed by atoms with van der Waals surface area (Å²) >= 11 is 0. The van der Waals surface area contributed by atoms with Crippen molar-refractivity contribution in [1.29, 1.82) is 0 Å². The van der Waals surface area contributed by atoms with E-state index in [-0.39, 0.29) is 6.03 Å². The fourth-order valence-corrected chi connectivity index (χ4v) is 2.73. The number of methoxy groups -OCH3 is 1. The Hall–Kier alpha value is -4.96. The number of aromatic nitrogens is 2. The summed E-state index contributed by atoms with van der Waals surface area (Å²) in [6, 6.07) is 13.2. The molecule has 0 aliphatic rings. The van der Waals surface area contributed by atoms with E-state index in [2.05, 4.69) is 20.8 Å². The lowest BCUT2D eigenvalue weighted by molar-refractivity contribution is -0.193. The number of hydrogen-bond donors (Lipinski definition) is 5. The van der Waals surface area contributed by atoms with Crippen molar-refractivity contribution in [2.45, 2.75) is 18.9 Å². The van der Waals surface area contributed by atoms with E-state index in [0.717, 1.165) is 33.8 Å². The number of alkyl halides is 6. The number of ether oxygens (including phenoxy) is 1. The van der Waals surface area contributed by atoms with Crippen LogP contribution in [0.3, 0.4) is 0 Å². The molecule has 0 atom stereocenters. The molecule has 1 heterocycles. The summed E-state index contributed by atoms with van der Waals surface area (Å²) in [5.41, 5.74) is 4.62. The minimum absolute atomic E-state index is 0.267.